The van der Waals surface area contributed by atoms with Gasteiger partial charge >= 0.3 is 5.97 Å². The molecule has 0 saturated heterocycles. The van der Waals surface area contributed by atoms with Crippen LogP contribution in [0, 0.1) is 0 Å². The molecule has 0 aliphatic carbocycles. The van der Waals surface area contributed by atoms with Crippen molar-refractivity contribution in [2.75, 3.05) is 38.5 Å². The number of rotatable bonds is 7. The molecule has 2 aromatic carbocycles. The van der Waals surface area contributed by atoms with E-state index in [2.05, 4.69) is 10.6 Å². The molecule has 0 heterocycles. The van der Waals surface area contributed by atoms with Crippen molar-refractivity contribution in [3.8, 4) is 11.5 Å². The fraction of sp³-hybridized carbons (Fsp3) is 0.222. The van der Waals surface area contributed by atoms with Gasteiger partial charge in [-0.3, -0.25) is 4.79 Å². The molecular weight excluding hydrogens is 395 g/mol. The molecule has 0 fully saturated rings. The van der Waals surface area contributed by atoms with Crippen molar-refractivity contribution in [3.05, 3.63) is 45.9 Å². The Morgan fingerprint density at radius 3 is 2.30 bits per heavy atom. The molecule has 27 heavy (non-hydrogen) atoms. The van der Waals surface area contributed by atoms with Crippen LogP contribution in [0.4, 0.5) is 11.4 Å². The molecule has 7 nitrogen and oxygen atoms in total. The SMILES string of the molecule is COC(=O)c1cc(OC)c(OC)cc1NCC(=O)Nc1cccc(Cl)c1Cl. The summed E-state index contributed by atoms with van der Waals surface area (Å²) in [5.74, 6) is -0.217. The summed E-state index contributed by atoms with van der Waals surface area (Å²) in [5.41, 5.74) is 0.937. The maximum atomic E-state index is 12.2. The zero-order valence-electron chi connectivity index (χ0n) is 14.9. The van der Waals surface area contributed by atoms with Gasteiger partial charge in [0.1, 0.15) is 0 Å². The molecule has 2 aromatic rings. The summed E-state index contributed by atoms with van der Waals surface area (Å²) in [7, 11) is 4.18. The molecule has 144 valence electrons. The molecule has 2 rings (SSSR count). The Morgan fingerprint density at radius 2 is 1.67 bits per heavy atom. The summed E-state index contributed by atoms with van der Waals surface area (Å²) in [6.45, 7) is -0.137. The molecule has 0 radical (unpaired) electrons. The van der Waals surface area contributed by atoms with Crippen LogP contribution >= 0.6 is 23.2 Å². The molecule has 2 N–H and O–H groups in total. The van der Waals surface area contributed by atoms with E-state index >= 15 is 0 Å². The predicted octanol–water partition coefficient (Wildman–Crippen LogP) is 3.85. The normalized spacial score (nSPS) is 10.1. The van der Waals surface area contributed by atoms with Crippen molar-refractivity contribution in [2.24, 2.45) is 0 Å². The number of esters is 1. The molecular formula is C18H18Cl2N2O5. The second-order valence-electron chi connectivity index (χ2n) is 5.25. The van der Waals surface area contributed by atoms with Gasteiger partial charge in [0.05, 0.1) is 54.9 Å². The van der Waals surface area contributed by atoms with Gasteiger partial charge < -0.3 is 24.8 Å². The van der Waals surface area contributed by atoms with E-state index in [9.17, 15) is 9.59 Å². The number of methoxy groups -OCH3 is 3. The number of halogens is 2. The maximum absolute atomic E-state index is 12.2. The minimum atomic E-state index is -0.586. The van der Waals surface area contributed by atoms with Gasteiger partial charge in [-0.2, -0.15) is 0 Å². The zero-order valence-corrected chi connectivity index (χ0v) is 16.4. The number of hydrogen-bond donors (Lipinski definition) is 2. The van der Waals surface area contributed by atoms with E-state index in [0.717, 1.165) is 0 Å². The Bertz CT molecular complexity index is 858. The van der Waals surface area contributed by atoms with Crippen molar-refractivity contribution in [1.29, 1.82) is 0 Å². The summed E-state index contributed by atoms with van der Waals surface area (Å²) >= 11 is 12.0. The summed E-state index contributed by atoms with van der Waals surface area (Å²) in [6, 6.07) is 7.93. The fourth-order valence-electron chi connectivity index (χ4n) is 2.27. The lowest BCUT2D eigenvalue weighted by atomic mass is 10.1. The highest BCUT2D eigenvalue weighted by atomic mass is 35.5. The monoisotopic (exact) mass is 412 g/mol. The Kier molecular flexibility index (Phi) is 7.15. The highest BCUT2D eigenvalue weighted by Gasteiger charge is 2.18. The van der Waals surface area contributed by atoms with Crippen molar-refractivity contribution in [3.63, 3.8) is 0 Å². The predicted molar refractivity (Wildman–Crippen MR) is 104 cm³/mol. The van der Waals surface area contributed by atoms with E-state index in [1.54, 1.807) is 24.3 Å². The Hall–Kier alpha value is -2.64. The molecule has 0 aliphatic heterocycles. The first-order valence-electron chi connectivity index (χ1n) is 7.73. The zero-order chi connectivity index (χ0) is 20.0. The standard InChI is InChI=1S/C18H18Cl2N2O5/c1-25-14-7-10(18(24)27-3)13(8-15(14)26-2)21-9-16(23)22-12-6-4-5-11(19)17(12)20/h4-8,21H,9H2,1-3H3,(H,22,23). The molecule has 0 aliphatic rings. The highest BCUT2D eigenvalue weighted by molar-refractivity contribution is 6.44. The third-order valence-electron chi connectivity index (χ3n) is 3.59. The molecule has 0 aromatic heterocycles. The van der Waals surface area contributed by atoms with Gasteiger partial charge in [-0.1, -0.05) is 29.3 Å². The van der Waals surface area contributed by atoms with Crippen LogP contribution in [0.2, 0.25) is 10.0 Å². The van der Waals surface area contributed by atoms with Crippen LogP contribution in [0.5, 0.6) is 11.5 Å². The molecule has 0 bridgehead atoms. The minimum Gasteiger partial charge on any atom is -0.493 e. The smallest absolute Gasteiger partial charge is 0.340 e. The lowest BCUT2D eigenvalue weighted by Crippen LogP contribution is -2.23. The highest BCUT2D eigenvalue weighted by Crippen LogP contribution is 2.34. The van der Waals surface area contributed by atoms with Gasteiger partial charge in [0, 0.05) is 12.1 Å². The van der Waals surface area contributed by atoms with Crippen LogP contribution in [0.3, 0.4) is 0 Å². The van der Waals surface area contributed by atoms with Gasteiger partial charge in [0.2, 0.25) is 5.91 Å². The Labute approximate surface area is 166 Å². The maximum Gasteiger partial charge on any atom is 0.340 e. The lowest BCUT2D eigenvalue weighted by molar-refractivity contribution is -0.114. The summed E-state index contributed by atoms with van der Waals surface area (Å²) < 4.78 is 15.2. The Morgan fingerprint density at radius 1 is 1.00 bits per heavy atom. The van der Waals surface area contributed by atoms with Crippen molar-refractivity contribution < 1.29 is 23.8 Å². The Balaban J connectivity index is 2.19. The van der Waals surface area contributed by atoms with Crippen LogP contribution in [0.25, 0.3) is 0 Å². The second kappa shape index (κ2) is 9.34. The van der Waals surface area contributed by atoms with Crippen LogP contribution in [0.15, 0.2) is 30.3 Å². The number of amides is 1. The molecule has 0 saturated carbocycles. The van der Waals surface area contributed by atoms with Crippen molar-refractivity contribution >= 4 is 46.5 Å². The van der Waals surface area contributed by atoms with Crippen LogP contribution < -0.4 is 20.1 Å². The van der Waals surface area contributed by atoms with Gasteiger partial charge in [-0.05, 0) is 12.1 Å². The van der Waals surface area contributed by atoms with Crippen molar-refractivity contribution in [1.82, 2.24) is 0 Å². The van der Waals surface area contributed by atoms with Crippen LogP contribution in [-0.4, -0.2) is 39.8 Å². The summed E-state index contributed by atoms with van der Waals surface area (Å²) in [5, 5.41) is 6.10. The van der Waals surface area contributed by atoms with E-state index in [0.29, 0.717) is 27.9 Å². The molecule has 0 spiro atoms. The van der Waals surface area contributed by atoms with E-state index in [4.69, 9.17) is 37.4 Å². The third-order valence-corrected chi connectivity index (χ3v) is 4.41. The topological polar surface area (TPSA) is 85.9 Å². The van der Waals surface area contributed by atoms with E-state index < -0.39 is 5.97 Å². The number of ether oxygens (including phenoxy) is 3. The van der Waals surface area contributed by atoms with Gasteiger partial charge in [0.15, 0.2) is 11.5 Å². The number of nitrogens with one attached hydrogen (secondary N) is 2. The largest absolute Gasteiger partial charge is 0.493 e. The van der Waals surface area contributed by atoms with Gasteiger partial charge in [0.25, 0.3) is 0 Å². The van der Waals surface area contributed by atoms with E-state index in [1.165, 1.54) is 27.4 Å². The lowest BCUT2D eigenvalue weighted by Gasteiger charge is -2.15. The molecule has 1 amide bonds. The number of carbonyl (C=O) groups is 2. The average Bonchev–Trinajstić information content (AvgIpc) is 2.68. The van der Waals surface area contributed by atoms with Gasteiger partial charge in [-0.25, -0.2) is 4.79 Å². The second-order valence-corrected chi connectivity index (χ2v) is 6.03. The first-order chi connectivity index (χ1) is 12.9. The molecule has 0 unspecified atom stereocenters. The molecule has 9 heteroatoms. The number of hydrogen-bond acceptors (Lipinski definition) is 6. The summed E-state index contributed by atoms with van der Waals surface area (Å²) in [6.07, 6.45) is 0. The van der Waals surface area contributed by atoms with E-state index in [1.807, 2.05) is 0 Å². The number of anilines is 2. The summed E-state index contributed by atoms with van der Waals surface area (Å²) in [4.78, 5) is 24.3. The first kappa shape index (κ1) is 20.7. The van der Waals surface area contributed by atoms with E-state index in [-0.39, 0.29) is 23.0 Å². The third kappa shape index (κ3) is 4.96. The first-order valence-corrected chi connectivity index (χ1v) is 8.49. The van der Waals surface area contributed by atoms with Crippen LogP contribution in [0.1, 0.15) is 10.4 Å². The minimum absolute atomic E-state index is 0.137. The molecule has 0 atom stereocenters. The average molecular weight is 413 g/mol. The van der Waals surface area contributed by atoms with Crippen LogP contribution in [-0.2, 0) is 9.53 Å². The number of benzene rings is 2. The quantitative estimate of drug-likeness (QED) is 0.671. The van der Waals surface area contributed by atoms with Crippen molar-refractivity contribution in [2.45, 2.75) is 0 Å². The fourth-order valence-corrected chi connectivity index (χ4v) is 2.62. The number of carbonyl (C=O) groups excluding carboxylic acids is 2. The van der Waals surface area contributed by atoms with Gasteiger partial charge in [-0.15, -0.1) is 0 Å².